The summed E-state index contributed by atoms with van der Waals surface area (Å²) in [6.45, 7) is 1.25. The van der Waals surface area contributed by atoms with E-state index in [1.165, 1.54) is 0 Å². The quantitative estimate of drug-likeness (QED) is 0.599. The lowest BCUT2D eigenvalue weighted by molar-refractivity contribution is 0.301. The van der Waals surface area contributed by atoms with Gasteiger partial charge in [0.15, 0.2) is 0 Å². The second kappa shape index (κ2) is 3.92. The second-order valence-corrected chi connectivity index (χ2v) is 2.22. The van der Waals surface area contributed by atoms with Crippen molar-refractivity contribution in [3.05, 3.63) is 6.20 Å². The van der Waals surface area contributed by atoms with E-state index in [1.807, 2.05) is 0 Å². The highest BCUT2D eigenvalue weighted by atomic mass is 16.5. The molecule has 1 aromatic heterocycles. The topological polar surface area (TPSA) is 66.0 Å². The minimum absolute atomic E-state index is 0.556. The van der Waals surface area contributed by atoms with Crippen LogP contribution in [0.5, 0.6) is 5.88 Å². The van der Waals surface area contributed by atoms with Crippen molar-refractivity contribution in [2.75, 3.05) is 13.2 Å². The zero-order valence-corrected chi connectivity index (χ0v) is 6.53. The smallest absolute Gasteiger partial charge is 0.253 e. The highest BCUT2D eigenvalue weighted by molar-refractivity contribution is 4.98. The first kappa shape index (κ1) is 8.00. The number of nitrogens with zero attached hydrogens (tertiary/aromatic N) is 3. The molecule has 0 amide bonds. The zero-order valence-electron chi connectivity index (χ0n) is 6.53. The number of aryl methyl sites for hydroxylation is 1. The largest absolute Gasteiger partial charge is 0.475 e. The van der Waals surface area contributed by atoms with Crippen LogP contribution in [-0.4, -0.2) is 28.1 Å². The molecule has 62 valence electrons. The first-order valence-corrected chi connectivity index (χ1v) is 3.52. The van der Waals surface area contributed by atoms with Crippen molar-refractivity contribution in [2.24, 2.45) is 12.8 Å². The number of hydrogen-bond donors (Lipinski definition) is 1. The summed E-state index contributed by atoms with van der Waals surface area (Å²) in [6, 6.07) is 0. The van der Waals surface area contributed by atoms with Crippen LogP contribution in [0.25, 0.3) is 0 Å². The van der Waals surface area contributed by atoms with Gasteiger partial charge >= 0.3 is 0 Å². The molecule has 0 spiro atoms. The summed E-state index contributed by atoms with van der Waals surface area (Å²) in [4.78, 5) is 0. The van der Waals surface area contributed by atoms with Gasteiger partial charge in [0.25, 0.3) is 5.88 Å². The molecule has 1 aromatic rings. The molecule has 0 aliphatic rings. The molecule has 5 nitrogen and oxygen atoms in total. The fraction of sp³-hybridized carbons (Fsp3) is 0.667. The summed E-state index contributed by atoms with van der Waals surface area (Å²) in [5.41, 5.74) is 5.28. The highest BCUT2D eigenvalue weighted by Crippen LogP contribution is 2.01. The van der Waals surface area contributed by atoms with E-state index in [0.29, 0.717) is 19.0 Å². The molecule has 0 aliphatic carbocycles. The number of ether oxygens (including phenoxy) is 1. The SMILES string of the molecule is Cn1cc(OCCCN)nn1. The molecule has 0 atom stereocenters. The van der Waals surface area contributed by atoms with Crippen LogP contribution in [0.1, 0.15) is 6.42 Å². The molecule has 1 rings (SSSR count). The van der Waals surface area contributed by atoms with Gasteiger partial charge < -0.3 is 10.5 Å². The molecule has 11 heavy (non-hydrogen) atoms. The summed E-state index contributed by atoms with van der Waals surface area (Å²) in [5, 5.41) is 7.44. The monoisotopic (exact) mass is 156 g/mol. The van der Waals surface area contributed by atoms with Gasteiger partial charge in [0, 0.05) is 7.05 Å². The van der Waals surface area contributed by atoms with E-state index in [4.69, 9.17) is 10.5 Å². The minimum Gasteiger partial charge on any atom is -0.475 e. The van der Waals surface area contributed by atoms with Gasteiger partial charge in [-0.1, -0.05) is 10.3 Å². The average molecular weight is 156 g/mol. The van der Waals surface area contributed by atoms with Crippen LogP contribution in [-0.2, 0) is 7.05 Å². The lowest BCUT2D eigenvalue weighted by Gasteiger charge is -1.97. The molecule has 1 heterocycles. The fourth-order valence-corrected chi connectivity index (χ4v) is 0.652. The minimum atomic E-state index is 0.556. The van der Waals surface area contributed by atoms with Gasteiger partial charge in [-0.3, -0.25) is 4.68 Å². The third-order valence-electron chi connectivity index (χ3n) is 1.18. The van der Waals surface area contributed by atoms with Crippen LogP contribution >= 0.6 is 0 Å². The van der Waals surface area contributed by atoms with E-state index in [0.717, 1.165) is 6.42 Å². The predicted molar refractivity (Wildman–Crippen MR) is 40.2 cm³/mol. The van der Waals surface area contributed by atoms with Crippen molar-refractivity contribution in [2.45, 2.75) is 6.42 Å². The summed E-state index contributed by atoms with van der Waals surface area (Å²) < 4.78 is 6.79. The first-order chi connectivity index (χ1) is 5.33. The predicted octanol–water partition coefficient (Wildman–Crippen LogP) is -0.457. The van der Waals surface area contributed by atoms with E-state index >= 15 is 0 Å². The molecule has 5 heteroatoms. The van der Waals surface area contributed by atoms with Gasteiger partial charge in [-0.05, 0) is 13.0 Å². The third kappa shape index (κ3) is 2.55. The van der Waals surface area contributed by atoms with Crippen molar-refractivity contribution in [1.29, 1.82) is 0 Å². The van der Waals surface area contributed by atoms with Crippen LogP contribution in [0, 0.1) is 0 Å². The highest BCUT2D eigenvalue weighted by Gasteiger charge is 1.96. The third-order valence-corrected chi connectivity index (χ3v) is 1.18. The maximum atomic E-state index is 5.28. The molecular formula is C6H12N4O. The Balaban J connectivity index is 2.27. The van der Waals surface area contributed by atoms with Crippen LogP contribution in [0.3, 0.4) is 0 Å². The summed E-state index contributed by atoms with van der Waals surface area (Å²) in [5.74, 6) is 0.556. The van der Waals surface area contributed by atoms with E-state index in [-0.39, 0.29) is 0 Å². The zero-order chi connectivity index (χ0) is 8.10. The molecule has 0 fully saturated rings. The lowest BCUT2D eigenvalue weighted by Crippen LogP contribution is -2.06. The Kier molecular flexibility index (Phi) is 2.85. The van der Waals surface area contributed by atoms with Crippen molar-refractivity contribution in [1.82, 2.24) is 15.0 Å². The molecule has 2 N–H and O–H groups in total. The number of aromatic nitrogens is 3. The van der Waals surface area contributed by atoms with Crippen molar-refractivity contribution in [3.8, 4) is 5.88 Å². The Morgan fingerprint density at radius 2 is 2.55 bits per heavy atom. The summed E-state index contributed by atoms with van der Waals surface area (Å²) >= 11 is 0. The second-order valence-electron chi connectivity index (χ2n) is 2.22. The van der Waals surface area contributed by atoms with Gasteiger partial charge in [-0.15, -0.1) is 0 Å². The van der Waals surface area contributed by atoms with Crippen LogP contribution in [0.15, 0.2) is 6.20 Å². The first-order valence-electron chi connectivity index (χ1n) is 3.52. The van der Waals surface area contributed by atoms with Crippen molar-refractivity contribution < 1.29 is 4.74 Å². The summed E-state index contributed by atoms with van der Waals surface area (Å²) in [7, 11) is 1.79. The Hall–Kier alpha value is -1.10. The maximum Gasteiger partial charge on any atom is 0.253 e. The number of hydrogen-bond acceptors (Lipinski definition) is 4. The fourth-order valence-electron chi connectivity index (χ4n) is 0.652. The van der Waals surface area contributed by atoms with E-state index in [1.54, 1.807) is 17.9 Å². The molecule has 0 saturated heterocycles. The maximum absolute atomic E-state index is 5.28. The van der Waals surface area contributed by atoms with Gasteiger partial charge in [0.2, 0.25) is 0 Å². The Morgan fingerprint density at radius 1 is 1.73 bits per heavy atom. The van der Waals surface area contributed by atoms with Gasteiger partial charge in [-0.25, -0.2) is 0 Å². The molecule has 0 unspecified atom stereocenters. The molecule has 0 saturated carbocycles. The van der Waals surface area contributed by atoms with Crippen LogP contribution in [0.4, 0.5) is 0 Å². The summed E-state index contributed by atoms with van der Waals surface area (Å²) in [6.07, 6.45) is 2.56. The van der Waals surface area contributed by atoms with E-state index < -0.39 is 0 Å². The number of nitrogens with two attached hydrogens (primary N) is 1. The van der Waals surface area contributed by atoms with Gasteiger partial charge in [-0.2, -0.15) is 0 Å². The van der Waals surface area contributed by atoms with Crippen molar-refractivity contribution >= 4 is 0 Å². The van der Waals surface area contributed by atoms with E-state index in [9.17, 15) is 0 Å². The number of rotatable bonds is 4. The molecule has 0 aliphatic heterocycles. The van der Waals surface area contributed by atoms with Gasteiger partial charge in [0.1, 0.15) is 0 Å². The Labute approximate surface area is 65.1 Å². The molecule has 0 bridgehead atoms. The Bertz CT molecular complexity index is 210. The van der Waals surface area contributed by atoms with Gasteiger partial charge in [0.05, 0.1) is 12.8 Å². The molecule has 0 aromatic carbocycles. The average Bonchev–Trinajstić information content (AvgIpc) is 2.37. The van der Waals surface area contributed by atoms with E-state index in [2.05, 4.69) is 10.3 Å². The normalized spacial score (nSPS) is 10.0. The van der Waals surface area contributed by atoms with Crippen LogP contribution in [0.2, 0.25) is 0 Å². The standard InChI is InChI=1S/C6H12N4O/c1-10-5-6(8-9-10)11-4-2-3-7/h5H,2-4,7H2,1H3. The molecular weight excluding hydrogens is 144 g/mol. The van der Waals surface area contributed by atoms with Crippen LogP contribution < -0.4 is 10.5 Å². The molecule has 0 radical (unpaired) electrons. The van der Waals surface area contributed by atoms with Crippen molar-refractivity contribution in [3.63, 3.8) is 0 Å². The Morgan fingerprint density at radius 3 is 3.09 bits per heavy atom. The lowest BCUT2D eigenvalue weighted by atomic mass is 10.5.